The molecule has 47 heavy (non-hydrogen) atoms. The molecule has 0 bridgehead atoms. The van der Waals surface area contributed by atoms with Crippen molar-refractivity contribution in [1.29, 1.82) is 0 Å². The Bertz CT molecular complexity index is 1460. The number of carbonyl (C=O) groups is 3. The second-order valence-corrected chi connectivity index (χ2v) is 13.4. The van der Waals surface area contributed by atoms with Gasteiger partial charge in [0.15, 0.2) is 0 Å². The number of aromatic hydroxyl groups is 1. The zero-order valence-corrected chi connectivity index (χ0v) is 29.2. The summed E-state index contributed by atoms with van der Waals surface area (Å²) in [7, 11) is 0. The maximum Gasteiger partial charge on any atom is 0.408 e. The molecule has 0 aromatic heterocycles. The third-order valence-corrected chi connectivity index (χ3v) is 8.05. The Morgan fingerprint density at radius 2 is 1.47 bits per heavy atom. The van der Waals surface area contributed by atoms with E-state index in [4.69, 9.17) is 4.74 Å². The van der Waals surface area contributed by atoms with Crippen molar-refractivity contribution in [2.75, 3.05) is 11.9 Å². The van der Waals surface area contributed by atoms with Gasteiger partial charge in [0.2, 0.25) is 5.91 Å². The van der Waals surface area contributed by atoms with Crippen molar-refractivity contribution in [3.8, 4) is 5.75 Å². The highest BCUT2D eigenvalue weighted by molar-refractivity contribution is 6.00. The van der Waals surface area contributed by atoms with E-state index in [9.17, 15) is 19.5 Å². The van der Waals surface area contributed by atoms with Crippen molar-refractivity contribution >= 4 is 23.6 Å². The Morgan fingerprint density at radius 3 is 2.09 bits per heavy atom. The van der Waals surface area contributed by atoms with E-state index >= 15 is 0 Å². The van der Waals surface area contributed by atoms with Gasteiger partial charge in [-0.05, 0) is 82.3 Å². The lowest BCUT2D eigenvalue weighted by atomic mass is 9.98. The predicted octanol–water partition coefficient (Wildman–Crippen LogP) is 8.32. The summed E-state index contributed by atoms with van der Waals surface area (Å²) in [6.07, 6.45) is 5.47. The van der Waals surface area contributed by atoms with Crippen molar-refractivity contribution in [1.82, 2.24) is 10.2 Å². The molecular weight excluding hydrogens is 590 g/mol. The van der Waals surface area contributed by atoms with E-state index in [-0.39, 0.29) is 24.0 Å². The van der Waals surface area contributed by atoms with Crippen LogP contribution < -0.4 is 10.6 Å². The van der Waals surface area contributed by atoms with Crippen LogP contribution in [0.3, 0.4) is 0 Å². The van der Waals surface area contributed by atoms with E-state index in [1.165, 1.54) is 0 Å². The molecule has 3 rings (SSSR count). The molecule has 0 radical (unpaired) electrons. The van der Waals surface area contributed by atoms with E-state index in [1.54, 1.807) is 49.9 Å². The van der Waals surface area contributed by atoms with Crippen molar-refractivity contribution < 1.29 is 24.2 Å². The van der Waals surface area contributed by atoms with Crippen molar-refractivity contribution in [3.05, 3.63) is 94.5 Å². The molecule has 3 N–H and O–H groups in total. The van der Waals surface area contributed by atoms with Crippen LogP contribution in [0, 0.1) is 20.8 Å². The molecule has 0 saturated carbocycles. The molecule has 0 fully saturated rings. The molecule has 0 spiro atoms. The molecule has 0 aliphatic rings. The smallest absolute Gasteiger partial charge is 0.408 e. The molecule has 0 saturated heterocycles. The zero-order chi connectivity index (χ0) is 34.6. The van der Waals surface area contributed by atoms with E-state index in [2.05, 4.69) is 17.6 Å². The molecule has 254 valence electrons. The normalized spacial score (nSPS) is 12.6. The molecule has 3 amide bonds. The van der Waals surface area contributed by atoms with Crippen LogP contribution in [-0.2, 0) is 20.7 Å². The molecular formula is C39H53N3O5. The SMILES string of the molecule is CCCCCCCCN(C(=O)C(Cc1ccc(O)cc1)NC(=O)OC(C)(C)C)C(C(=O)Nc1c(C)cccc1C)c1cccc(C)c1. The molecule has 3 aromatic carbocycles. The van der Waals surface area contributed by atoms with Gasteiger partial charge in [0.25, 0.3) is 5.91 Å². The number of hydrogen-bond donors (Lipinski definition) is 3. The molecule has 0 aliphatic carbocycles. The number of carbonyl (C=O) groups excluding carboxylic acids is 3. The first kappa shape index (κ1) is 37.1. The third-order valence-electron chi connectivity index (χ3n) is 8.05. The van der Waals surface area contributed by atoms with Gasteiger partial charge >= 0.3 is 6.09 Å². The van der Waals surface area contributed by atoms with Crippen LogP contribution in [0.5, 0.6) is 5.75 Å². The van der Waals surface area contributed by atoms with Gasteiger partial charge in [0, 0.05) is 18.7 Å². The Kier molecular flexibility index (Phi) is 13.9. The lowest BCUT2D eigenvalue weighted by Gasteiger charge is -2.35. The highest BCUT2D eigenvalue weighted by atomic mass is 16.6. The van der Waals surface area contributed by atoms with Gasteiger partial charge in [-0.2, -0.15) is 0 Å². The van der Waals surface area contributed by atoms with Gasteiger partial charge in [-0.3, -0.25) is 9.59 Å². The highest BCUT2D eigenvalue weighted by Crippen LogP contribution is 2.29. The molecule has 3 aromatic rings. The zero-order valence-electron chi connectivity index (χ0n) is 29.2. The molecule has 0 aliphatic heterocycles. The molecule has 2 unspecified atom stereocenters. The number of alkyl carbamates (subject to hydrolysis) is 1. The molecule has 8 nitrogen and oxygen atoms in total. The Morgan fingerprint density at radius 1 is 0.851 bits per heavy atom. The Labute approximate surface area is 280 Å². The monoisotopic (exact) mass is 643 g/mol. The summed E-state index contributed by atoms with van der Waals surface area (Å²) in [5.41, 5.74) is 4.18. The van der Waals surface area contributed by atoms with E-state index < -0.39 is 23.8 Å². The van der Waals surface area contributed by atoms with Gasteiger partial charge < -0.3 is 25.4 Å². The number of benzene rings is 3. The van der Waals surface area contributed by atoms with Gasteiger partial charge in [-0.1, -0.05) is 99.2 Å². The van der Waals surface area contributed by atoms with Gasteiger partial charge in [0.05, 0.1) is 0 Å². The summed E-state index contributed by atoms with van der Waals surface area (Å²) < 4.78 is 5.56. The van der Waals surface area contributed by atoms with Crippen molar-refractivity contribution in [2.45, 2.75) is 111 Å². The third kappa shape index (κ3) is 11.8. The average molecular weight is 644 g/mol. The Hall–Kier alpha value is -4.33. The number of para-hydroxylation sites is 1. The number of phenolic OH excluding ortho intramolecular Hbond substituents is 1. The number of phenols is 1. The topological polar surface area (TPSA) is 108 Å². The second-order valence-electron chi connectivity index (χ2n) is 13.4. The predicted molar refractivity (Wildman–Crippen MR) is 189 cm³/mol. The van der Waals surface area contributed by atoms with Gasteiger partial charge in [0.1, 0.15) is 23.4 Å². The number of amides is 3. The fourth-order valence-electron chi connectivity index (χ4n) is 5.66. The summed E-state index contributed by atoms with van der Waals surface area (Å²) >= 11 is 0. The van der Waals surface area contributed by atoms with Crippen LogP contribution in [0.2, 0.25) is 0 Å². The minimum absolute atomic E-state index is 0.101. The average Bonchev–Trinajstić information content (AvgIpc) is 2.99. The summed E-state index contributed by atoms with van der Waals surface area (Å²) in [6.45, 7) is 13.6. The number of anilines is 1. The van der Waals surface area contributed by atoms with Crippen LogP contribution in [0.4, 0.5) is 10.5 Å². The number of aryl methyl sites for hydroxylation is 3. The fourth-order valence-corrected chi connectivity index (χ4v) is 5.66. The fraction of sp³-hybridized carbons (Fsp3) is 0.462. The second kappa shape index (κ2) is 17.5. The lowest BCUT2D eigenvalue weighted by molar-refractivity contribution is -0.140. The Balaban J connectivity index is 2.08. The van der Waals surface area contributed by atoms with Gasteiger partial charge in [-0.25, -0.2) is 4.79 Å². The van der Waals surface area contributed by atoms with E-state index in [0.29, 0.717) is 18.5 Å². The summed E-state index contributed by atoms with van der Waals surface area (Å²) in [5.74, 6) is -0.613. The van der Waals surface area contributed by atoms with Crippen molar-refractivity contribution in [2.24, 2.45) is 0 Å². The number of rotatable bonds is 15. The largest absolute Gasteiger partial charge is 0.508 e. The quantitative estimate of drug-likeness (QED) is 0.144. The van der Waals surface area contributed by atoms with Crippen molar-refractivity contribution in [3.63, 3.8) is 0 Å². The van der Waals surface area contributed by atoms with E-state index in [1.807, 2.05) is 63.2 Å². The first-order valence-electron chi connectivity index (χ1n) is 16.8. The number of nitrogens with zero attached hydrogens (tertiary/aromatic N) is 1. The van der Waals surface area contributed by atoms with E-state index in [0.717, 1.165) is 60.0 Å². The number of nitrogens with one attached hydrogen (secondary N) is 2. The minimum atomic E-state index is -1.03. The van der Waals surface area contributed by atoms with Crippen LogP contribution in [0.15, 0.2) is 66.7 Å². The van der Waals surface area contributed by atoms with Crippen LogP contribution >= 0.6 is 0 Å². The summed E-state index contributed by atoms with van der Waals surface area (Å²) in [4.78, 5) is 44.0. The first-order chi connectivity index (χ1) is 22.3. The standard InChI is InChI=1S/C39H53N3O5/c1-8-9-10-11-12-13-24-42(37(45)33(40-38(46)47-39(5,6)7)26-30-20-22-32(43)23-21-30)35(31-19-14-16-27(2)25-31)36(44)41-34-28(3)17-15-18-29(34)4/h14-23,25,33,35,43H,8-13,24,26H2,1-7H3,(H,40,46)(H,41,44). The molecule has 2 atom stereocenters. The van der Waals surface area contributed by atoms with Crippen LogP contribution in [0.25, 0.3) is 0 Å². The maximum absolute atomic E-state index is 14.8. The summed E-state index contributed by atoms with van der Waals surface area (Å²) in [5, 5.41) is 15.8. The number of hydrogen-bond acceptors (Lipinski definition) is 5. The minimum Gasteiger partial charge on any atom is -0.508 e. The summed E-state index contributed by atoms with van der Waals surface area (Å²) in [6, 6.07) is 18.0. The maximum atomic E-state index is 14.8. The van der Waals surface area contributed by atoms with Crippen LogP contribution in [0.1, 0.15) is 100 Å². The highest BCUT2D eigenvalue weighted by Gasteiger charge is 2.36. The van der Waals surface area contributed by atoms with Gasteiger partial charge in [-0.15, -0.1) is 0 Å². The van der Waals surface area contributed by atoms with Crippen LogP contribution in [-0.4, -0.2) is 46.1 Å². The molecule has 0 heterocycles. The number of ether oxygens (including phenoxy) is 1. The lowest BCUT2D eigenvalue weighted by Crippen LogP contribution is -2.53. The number of unbranched alkanes of at least 4 members (excludes halogenated alkanes) is 5. The first-order valence-corrected chi connectivity index (χ1v) is 16.8. The molecule has 8 heteroatoms.